The van der Waals surface area contributed by atoms with Crippen molar-refractivity contribution in [3.05, 3.63) is 70.7 Å². The first-order chi connectivity index (χ1) is 14.7. The van der Waals surface area contributed by atoms with Crippen LogP contribution in [0, 0.1) is 13.8 Å². The highest BCUT2D eigenvalue weighted by atomic mass is 32.1. The van der Waals surface area contributed by atoms with Gasteiger partial charge in [0.1, 0.15) is 5.01 Å². The molecular weight excluding hydrogens is 412 g/mol. The molecule has 1 aliphatic rings. The third-order valence-corrected chi connectivity index (χ3v) is 5.81. The number of anilines is 1. The highest BCUT2D eigenvalue weighted by Crippen LogP contribution is 2.31. The molecule has 31 heavy (non-hydrogen) atoms. The van der Waals surface area contributed by atoms with Gasteiger partial charge in [-0.25, -0.2) is 14.6 Å². The largest absolute Gasteiger partial charge is 0.419 e. The van der Waals surface area contributed by atoms with Crippen LogP contribution in [0.1, 0.15) is 25.0 Å². The fourth-order valence-corrected chi connectivity index (χ4v) is 3.94. The average molecular weight is 435 g/mol. The van der Waals surface area contributed by atoms with Gasteiger partial charge in [0.2, 0.25) is 0 Å². The lowest BCUT2D eigenvalue weighted by molar-refractivity contribution is -0.222. The molecule has 1 saturated heterocycles. The van der Waals surface area contributed by atoms with E-state index in [4.69, 9.17) is 14.5 Å². The number of benzene rings is 2. The summed E-state index contributed by atoms with van der Waals surface area (Å²) in [5.74, 6) is -2.70. The van der Waals surface area contributed by atoms with Gasteiger partial charge in [-0.1, -0.05) is 24.3 Å². The molecule has 0 aliphatic carbocycles. The maximum absolute atomic E-state index is 12.1. The molecule has 0 atom stereocenters. The number of nitrogens with one attached hydrogen (secondary N) is 1. The summed E-state index contributed by atoms with van der Waals surface area (Å²) in [5.41, 5.74) is 5.95. The molecule has 4 rings (SSSR count). The van der Waals surface area contributed by atoms with Gasteiger partial charge < -0.3 is 14.8 Å². The molecule has 2 heterocycles. The van der Waals surface area contributed by atoms with Gasteiger partial charge in [-0.3, -0.25) is 0 Å². The molecule has 1 N–H and O–H groups in total. The van der Waals surface area contributed by atoms with E-state index in [1.54, 1.807) is 11.3 Å². The Kier molecular flexibility index (Phi) is 5.37. The molecule has 6 nitrogen and oxygen atoms in total. The first kappa shape index (κ1) is 20.8. The van der Waals surface area contributed by atoms with Crippen LogP contribution in [0.4, 0.5) is 5.69 Å². The molecule has 2 aromatic carbocycles. The molecule has 0 amide bonds. The number of aryl methyl sites for hydroxylation is 2. The van der Waals surface area contributed by atoms with Crippen LogP contribution in [0.25, 0.3) is 21.8 Å². The van der Waals surface area contributed by atoms with Crippen molar-refractivity contribution < 1.29 is 19.1 Å². The Morgan fingerprint density at radius 1 is 0.968 bits per heavy atom. The van der Waals surface area contributed by atoms with Crippen molar-refractivity contribution in [1.29, 1.82) is 0 Å². The monoisotopic (exact) mass is 434 g/mol. The lowest BCUT2D eigenvalue weighted by Gasteiger charge is -2.29. The van der Waals surface area contributed by atoms with Gasteiger partial charge in [0.05, 0.1) is 5.69 Å². The number of hydrogen-bond acceptors (Lipinski definition) is 7. The Balaban J connectivity index is 1.54. The number of carbonyl (C=O) groups is 2. The molecule has 1 aliphatic heterocycles. The van der Waals surface area contributed by atoms with Crippen molar-refractivity contribution in [2.45, 2.75) is 33.5 Å². The predicted molar refractivity (Wildman–Crippen MR) is 120 cm³/mol. The van der Waals surface area contributed by atoms with Crippen LogP contribution in [-0.4, -0.2) is 22.7 Å². The Labute approximate surface area is 184 Å². The normalized spacial score (nSPS) is 15.3. The second kappa shape index (κ2) is 8.00. The molecule has 158 valence electrons. The zero-order valence-electron chi connectivity index (χ0n) is 17.7. The fraction of sp³-hybridized carbons (Fsp3) is 0.208. The minimum absolute atomic E-state index is 0.184. The lowest BCUT2D eigenvalue weighted by Crippen LogP contribution is -2.42. The van der Waals surface area contributed by atoms with E-state index in [1.807, 2.05) is 29.6 Å². The number of ether oxygens (including phenoxy) is 2. The zero-order chi connectivity index (χ0) is 22.2. The maximum Gasteiger partial charge on any atom is 0.350 e. The number of nitrogens with zero attached hydrogens (tertiary/aromatic N) is 1. The third-order valence-electron chi connectivity index (χ3n) is 4.92. The van der Waals surface area contributed by atoms with Crippen LogP contribution in [0.15, 0.2) is 59.6 Å². The fourth-order valence-electron chi connectivity index (χ4n) is 3.12. The van der Waals surface area contributed by atoms with E-state index in [0.29, 0.717) is 5.69 Å². The first-order valence-electron chi connectivity index (χ1n) is 9.79. The Hall–Kier alpha value is -3.45. The highest BCUT2D eigenvalue weighted by molar-refractivity contribution is 7.13. The summed E-state index contributed by atoms with van der Waals surface area (Å²) in [7, 11) is 0. The van der Waals surface area contributed by atoms with Gasteiger partial charge in [0.25, 0.3) is 5.79 Å². The molecule has 1 aromatic heterocycles. The van der Waals surface area contributed by atoms with Gasteiger partial charge in [0.15, 0.2) is 5.57 Å². The van der Waals surface area contributed by atoms with Crippen LogP contribution < -0.4 is 5.32 Å². The summed E-state index contributed by atoms with van der Waals surface area (Å²) in [4.78, 5) is 28.9. The van der Waals surface area contributed by atoms with Crippen molar-refractivity contribution in [3.63, 3.8) is 0 Å². The highest BCUT2D eigenvalue weighted by Gasteiger charge is 2.38. The minimum atomic E-state index is -1.26. The summed E-state index contributed by atoms with van der Waals surface area (Å²) in [6, 6.07) is 13.9. The molecule has 0 unspecified atom stereocenters. The van der Waals surface area contributed by atoms with E-state index in [1.165, 1.54) is 31.2 Å². The standard InChI is InChI=1S/C24H22N2O4S/c1-14-8-9-16(10-15(14)2)20-13-31-21(26-20)17-6-5-7-18(11-17)25-12-19-22(27)29-24(3,4)30-23(19)28/h5-13,25H,1-4H3. The van der Waals surface area contributed by atoms with Crippen LogP contribution in [0.3, 0.4) is 0 Å². The topological polar surface area (TPSA) is 77.5 Å². The van der Waals surface area contributed by atoms with E-state index in [2.05, 4.69) is 37.4 Å². The van der Waals surface area contributed by atoms with E-state index in [-0.39, 0.29) is 5.57 Å². The number of aromatic nitrogens is 1. The number of carbonyl (C=O) groups excluding carboxylic acids is 2. The van der Waals surface area contributed by atoms with E-state index in [0.717, 1.165) is 21.8 Å². The van der Waals surface area contributed by atoms with Crippen molar-refractivity contribution >= 4 is 29.0 Å². The summed E-state index contributed by atoms with van der Waals surface area (Å²) in [6.45, 7) is 7.20. The first-order valence-corrected chi connectivity index (χ1v) is 10.7. The Morgan fingerprint density at radius 2 is 1.71 bits per heavy atom. The Bertz CT molecular complexity index is 1190. The number of rotatable bonds is 4. The van der Waals surface area contributed by atoms with Gasteiger partial charge in [-0.05, 0) is 43.2 Å². The molecule has 7 heteroatoms. The second-order valence-corrected chi connectivity index (χ2v) is 8.66. The van der Waals surface area contributed by atoms with Gasteiger partial charge >= 0.3 is 11.9 Å². The lowest BCUT2D eigenvalue weighted by atomic mass is 10.1. The van der Waals surface area contributed by atoms with Gasteiger partial charge in [-0.15, -0.1) is 11.3 Å². The maximum atomic E-state index is 12.1. The summed E-state index contributed by atoms with van der Waals surface area (Å²) in [5, 5.41) is 5.89. The molecule has 0 saturated carbocycles. The zero-order valence-corrected chi connectivity index (χ0v) is 18.5. The number of hydrogen-bond donors (Lipinski definition) is 1. The minimum Gasteiger partial charge on any atom is -0.419 e. The molecule has 0 radical (unpaired) electrons. The molecule has 0 spiro atoms. The van der Waals surface area contributed by atoms with Crippen molar-refractivity contribution in [2.24, 2.45) is 0 Å². The summed E-state index contributed by atoms with van der Waals surface area (Å²) >= 11 is 1.56. The van der Waals surface area contributed by atoms with Crippen molar-refractivity contribution in [1.82, 2.24) is 4.98 Å². The quantitative estimate of drug-likeness (QED) is 0.344. The van der Waals surface area contributed by atoms with Gasteiger partial charge in [-0.2, -0.15) is 0 Å². The van der Waals surface area contributed by atoms with Crippen LogP contribution >= 0.6 is 11.3 Å². The third kappa shape index (κ3) is 4.51. The predicted octanol–water partition coefficient (Wildman–Crippen LogP) is 5.23. The molecule has 0 bridgehead atoms. The average Bonchev–Trinajstić information content (AvgIpc) is 3.19. The summed E-state index contributed by atoms with van der Waals surface area (Å²) < 4.78 is 10.2. The van der Waals surface area contributed by atoms with Crippen molar-refractivity contribution in [3.8, 4) is 21.8 Å². The molecular formula is C24H22N2O4S. The summed E-state index contributed by atoms with van der Waals surface area (Å²) in [6.07, 6.45) is 1.31. The van der Waals surface area contributed by atoms with Crippen LogP contribution in [-0.2, 0) is 19.1 Å². The van der Waals surface area contributed by atoms with Crippen LogP contribution in [0.2, 0.25) is 0 Å². The molecule has 1 fully saturated rings. The van der Waals surface area contributed by atoms with E-state index in [9.17, 15) is 9.59 Å². The number of cyclic esters (lactones) is 2. The smallest absolute Gasteiger partial charge is 0.350 e. The van der Waals surface area contributed by atoms with E-state index >= 15 is 0 Å². The van der Waals surface area contributed by atoms with E-state index < -0.39 is 17.7 Å². The number of thiazole rings is 1. The number of esters is 2. The molecule has 3 aromatic rings. The Morgan fingerprint density at radius 3 is 2.42 bits per heavy atom. The second-order valence-electron chi connectivity index (χ2n) is 7.80. The van der Waals surface area contributed by atoms with Gasteiger partial charge in [0, 0.05) is 42.2 Å². The van der Waals surface area contributed by atoms with Crippen molar-refractivity contribution in [2.75, 3.05) is 5.32 Å². The van der Waals surface area contributed by atoms with Crippen LogP contribution in [0.5, 0.6) is 0 Å². The SMILES string of the molecule is Cc1ccc(-c2csc(-c3cccc(NC=C4C(=O)OC(C)(C)OC4=O)c3)n2)cc1C.